The summed E-state index contributed by atoms with van der Waals surface area (Å²) >= 11 is 0. The molecule has 0 aliphatic carbocycles. The van der Waals surface area contributed by atoms with Crippen LogP contribution in [0.3, 0.4) is 0 Å². The van der Waals surface area contributed by atoms with Gasteiger partial charge in [0.1, 0.15) is 5.65 Å². The Morgan fingerprint density at radius 3 is 2.83 bits per heavy atom. The Labute approximate surface area is 141 Å². The van der Waals surface area contributed by atoms with Crippen molar-refractivity contribution in [2.24, 2.45) is 0 Å². The first-order valence-corrected chi connectivity index (χ1v) is 8.27. The Morgan fingerprint density at radius 2 is 2.04 bits per heavy atom. The van der Waals surface area contributed by atoms with Crippen LogP contribution in [-0.2, 0) is 19.5 Å². The molecule has 0 fully saturated rings. The Bertz CT molecular complexity index is 896. The molecule has 24 heavy (non-hydrogen) atoms. The minimum absolute atomic E-state index is 0.0340. The molecule has 3 aromatic rings. The molecule has 6 heteroatoms. The van der Waals surface area contributed by atoms with Gasteiger partial charge in [-0.1, -0.05) is 19.4 Å². The number of H-pyrrole nitrogens is 1. The average molecular weight is 325 g/mol. The van der Waals surface area contributed by atoms with Gasteiger partial charge >= 0.3 is 0 Å². The fourth-order valence-corrected chi connectivity index (χ4v) is 2.94. The highest BCUT2D eigenvalue weighted by Crippen LogP contribution is 2.08. The second-order valence-corrected chi connectivity index (χ2v) is 6.25. The van der Waals surface area contributed by atoms with Crippen LogP contribution < -0.4 is 5.56 Å². The second kappa shape index (κ2) is 6.97. The molecule has 0 aliphatic heterocycles. The summed E-state index contributed by atoms with van der Waals surface area (Å²) in [5, 5.41) is 7.39. The minimum Gasteiger partial charge on any atom is -0.295 e. The predicted molar refractivity (Wildman–Crippen MR) is 94.0 cm³/mol. The lowest BCUT2D eigenvalue weighted by molar-refractivity contribution is 0.311. The van der Waals surface area contributed by atoms with Crippen LogP contribution >= 0.6 is 0 Å². The van der Waals surface area contributed by atoms with E-state index in [-0.39, 0.29) is 5.56 Å². The van der Waals surface area contributed by atoms with Crippen molar-refractivity contribution < 1.29 is 0 Å². The van der Waals surface area contributed by atoms with Crippen LogP contribution in [0.5, 0.6) is 0 Å². The monoisotopic (exact) mass is 325 g/mol. The van der Waals surface area contributed by atoms with Gasteiger partial charge < -0.3 is 0 Å². The molecular formula is C18H23N5O. The van der Waals surface area contributed by atoms with Gasteiger partial charge in [-0.25, -0.2) is 4.98 Å². The highest BCUT2D eigenvalue weighted by atomic mass is 16.1. The Balaban J connectivity index is 1.75. The lowest BCUT2D eigenvalue weighted by atomic mass is 10.2. The van der Waals surface area contributed by atoms with Crippen molar-refractivity contribution in [3.05, 3.63) is 63.5 Å². The molecule has 0 atom stereocenters. The van der Waals surface area contributed by atoms with Crippen molar-refractivity contribution in [1.82, 2.24) is 24.5 Å². The zero-order chi connectivity index (χ0) is 17.1. The maximum Gasteiger partial charge on any atom is 0.258 e. The standard InChI is InChI=1S/C18H23N5O/c1-4-6-14-9-16(21-20-14)12-22(3)11-15-10-18(24)23-13(2)7-5-8-17(23)19-15/h5,7-10H,4,6,11-12H2,1-3H3,(H,20,21). The first-order chi connectivity index (χ1) is 11.6. The van der Waals surface area contributed by atoms with Crippen LogP contribution in [0, 0.1) is 6.92 Å². The zero-order valence-electron chi connectivity index (χ0n) is 14.4. The van der Waals surface area contributed by atoms with Gasteiger partial charge in [0.05, 0.1) is 11.4 Å². The van der Waals surface area contributed by atoms with E-state index in [0.717, 1.165) is 42.2 Å². The van der Waals surface area contributed by atoms with E-state index in [9.17, 15) is 4.79 Å². The predicted octanol–water partition coefficient (Wildman–Crippen LogP) is 2.31. The number of nitrogens with zero attached hydrogens (tertiary/aromatic N) is 4. The third-order valence-corrected chi connectivity index (χ3v) is 4.00. The van der Waals surface area contributed by atoms with E-state index in [1.807, 2.05) is 32.2 Å². The number of aromatic amines is 1. The minimum atomic E-state index is -0.0340. The Morgan fingerprint density at radius 1 is 1.21 bits per heavy atom. The van der Waals surface area contributed by atoms with Crippen molar-refractivity contribution in [2.75, 3.05) is 7.05 Å². The molecule has 0 aliphatic rings. The van der Waals surface area contributed by atoms with Crippen molar-refractivity contribution in [3.63, 3.8) is 0 Å². The molecule has 0 radical (unpaired) electrons. The molecular weight excluding hydrogens is 302 g/mol. The summed E-state index contributed by atoms with van der Waals surface area (Å²) in [4.78, 5) is 19.1. The van der Waals surface area contributed by atoms with Crippen molar-refractivity contribution >= 4 is 5.65 Å². The topological polar surface area (TPSA) is 66.3 Å². The second-order valence-electron chi connectivity index (χ2n) is 6.25. The van der Waals surface area contributed by atoms with Crippen LogP contribution in [0.1, 0.15) is 36.1 Å². The van der Waals surface area contributed by atoms with Gasteiger partial charge in [0.2, 0.25) is 0 Å². The van der Waals surface area contributed by atoms with E-state index in [2.05, 4.69) is 33.1 Å². The molecule has 0 saturated heterocycles. The van der Waals surface area contributed by atoms with Gasteiger partial charge in [0.15, 0.2) is 0 Å². The molecule has 0 unspecified atom stereocenters. The molecule has 0 aromatic carbocycles. The fraction of sp³-hybridized carbons (Fsp3) is 0.389. The summed E-state index contributed by atoms with van der Waals surface area (Å²) in [6.07, 6.45) is 2.08. The van der Waals surface area contributed by atoms with Gasteiger partial charge in [-0.3, -0.25) is 19.2 Å². The van der Waals surface area contributed by atoms with Crippen LogP contribution in [-0.4, -0.2) is 31.5 Å². The molecule has 6 nitrogen and oxygen atoms in total. The summed E-state index contributed by atoms with van der Waals surface area (Å²) in [5.74, 6) is 0. The summed E-state index contributed by atoms with van der Waals surface area (Å²) in [6, 6.07) is 9.42. The number of hydrogen-bond donors (Lipinski definition) is 1. The van der Waals surface area contributed by atoms with Crippen LogP contribution in [0.2, 0.25) is 0 Å². The molecule has 0 spiro atoms. The summed E-state index contributed by atoms with van der Waals surface area (Å²) < 4.78 is 1.63. The number of nitrogens with one attached hydrogen (secondary N) is 1. The molecule has 3 aromatic heterocycles. The fourth-order valence-electron chi connectivity index (χ4n) is 2.94. The molecule has 1 N–H and O–H groups in total. The van der Waals surface area contributed by atoms with E-state index >= 15 is 0 Å². The van der Waals surface area contributed by atoms with Gasteiger partial charge in [0.25, 0.3) is 5.56 Å². The molecule has 0 saturated carbocycles. The molecule has 3 rings (SSSR count). The maximum atomic E-state index is 12.3. The third-order valence-electron chi connectivity index (χ3n) is 4.00. The highest BCUT2D eigenvalue weighted by molar-refractivity contribution is 5.40. The van der Waals surface area contributed by atoms with Gasteiger partial charge in [-0.15, -0.1) is 0 Å². The zero-order valence-corrected chi connectivity index (χ0v) is 14.4. The lowest BCUT2D eigenvalue weighted by Crippen LogP contribution is -2.22. The number of fused-ring (bicyclic) bond motifs is 1. The first-order valence-electron chi connectivity index (χ1n) is 8.27. The van der Waals surface area contributed by atoms with E-state index < -0.39 is 0 Å². The average Bonchev–Trinajstić information content (AvgIpc) is 2.94. The van der Waals surface area contributed by atoms with Crippen molar-refractivity contribution in [1.29, 1.82) is 0 Å². The number of hydrogen-bond acceptors (Lipinski definition) is 4. The molecule has 0 bridgehead atoms. The summed E-state index contributed by atoms with van der Waals surface area (Å²) in [5.41, 5.74) is 4.51. The maximum absolute atomic E-state index is 12.3. The summed E-state index contributed by atoms with van der Waals surface area (Å²) in [7, 11) is 2.01. The van der Waals surface area contributed by atoms with Crippen LogP contribution in [0.25, 0.3) is 5.65 Å². The van der Waals surface area contributed by atoms with Gasteiger partial charge in [-0.2, -0.15) is 5.10 Å². The smallest absolute Gasteiger partial charge is 0.258 e. The van der Waals surface area contributed by atoms with Crippen LogP contribution in [0.4, 0.5) is 0 Å². The van der Waals surface area contributed by atoms with Gasteiger partial charge in [0, 0.05) is 30.5 Å². The molecule has 126 valence electrons. The Kier molecular flexibility index (Phi) is 4.76. The lowest BCUT2D eigenvalue weighted by Gasteiger charge is -2.15. The Hall–Kier alpha value is -2.47. The van der Waals surface area contributed by atoms with Gasteiger partial charge in [-0.05, 0) is 38.6 Å². The highest BCUT2D eigenvalue weighted by Gasteiger charge is 2.09. The SMILES string of the molecule is CCCc1cc(CN(C)Cc2cc(=O)n3c(C)cccc3n2)[nH]n1. The quantitative estimate of drug-likeness (QED) is 0.755. The normalized spacial score (nSPS) is 11.5. The number of pyridine rings is 1. The van der Waals surface area contributed by atoms with E-state index in [4.69, 9.17) is 0 Å². The third kappa shape index (κ3) is 3.54. The largest absolute Gasteiger partial charge is 0.295 e. The van der Waals surface area contributed by atoms with Crippen LogP contribution in [0.15, 0.2) is 35.1 Å². The number of rotatable bonds is 6. The van der Waals surface area contributed by atoms with E-state index in [0.29, 0.717) is 12.2 Å². The van der Waals surface area contributed by atoms with E-state index in [1.54, 1.807) is 10.5 Å². The first kappa shape index (κ1) is 16.4. The molecule has 0 amide bonds. The molecule has 3 heterocycles. The number of aryl methyl sites for hydroxylation is 2. The summed E-state index contributed by atoms with van der Waals surface area (Å²) in [6.45, 7) is 5.41. The number of aromatic nitrogens is 4. The van der Waals surface area contributed by atoms with E-state index in [1.165, 1.54) is 0 Å². The van der Waals surface area contributed by atoms with Crippen molar-refractivity contribution in [3.8, 4) is 0 Å². The van der Waals surface area contributed by atoms with Crippen molar-refractivity contribution in [2.45, 2.75) is 39.8 Å².